The molecule has 2 unspecified atom stereocenters. The molecule has 3 rings (SSSR count). The van der Waals surface area contributed by atoms with E-state index in [4.69, 9.17) is 9.47 Å². The Balaban J connectivity index is 1.48. The van der Waals surface area contributed by atoms with Crippen LogP contribution in [0.15, 0.2) is 0 Å². The van der Waals surface area contributed by atoms with Crippen molar-refractivity contribution in [3.8, 4) is 0 Å². The van der Waals surface area contributed by atoms with Gasteiger partial charge < -0.3 is 14.4 Å². The molecule has 0 N–H and O–H groups in total. The molecule has 120 valence electrons. The summed E-state index contributed by atoms with van der Waals surface area (Å²) >= 11 is 0. The predicted molar refractivity (Wildman–Crippen MR) is 80.1 cm³/mol. The molecule has 2 atom stereocenters. The summed E-state index contributed by atoms with van der Waals surface area (Å²) in [4.78, 5) is 16.8. The van der Waals surface area contributed by atoms with Crippen LogP contribution in [0.1, 0.15) is 26.2 Å². The molecule has 2 saturated heterocycles. The molecule has 21 heavy (non-hydrogen) atoms. The van der Waals surface area contributed by atoms with Crippen LogP contribution in [0.5, 0.6) is 0 Å². The molecule has 1 aliphatic carbocycles. The fourth-order valence-corrected chi connectivity index (χ4v) is 3.47. The molecule has 0 bridgehead atoms. The number of carbonyl (C=O) groups is 1. The Bertz CT molecular complexity index is 353. The Labute approximate surface area is 127 Å². The Kier molecular flexibility index (Phi) is 5.14. The molecule has 0 radical (unpaired) electrons. The monoisotopic (exact) mass is 296 g/mol. The van der Waals surface area contributed by atoms with Gasteiger partial charge >= 0.3 is 0 Å². The average molecular weight is 296 g/mol. The molecule has 3 fully saturated rings. The van der Waals surface area contributed by atoms with Gasteiger partial charge in [-0.3, -0.25) is 9.69 Å². The molecule has 2 heterocycles. The number of ether oxygens (including phenoxy) is 2. The van der Waals surface area contributed by atoms with E-state index >= 15 is 0 Å². The Morgan fingerprint density at radius 2 is 2.00 bits per heavy atom. The standard InChI is InChI=1S/C16H28N2O3/c1-2-14-9-18(16(19)12-21-11-13-3-4-13)10-15(14)17-5-7-20-8-6-17/h13-15H,2-12H2,1H3. The third kappa shape index (κ3) is 3.96. The zero-order chi connectivity index (χ0) is 14.7. The maximum atomic E-state index is 12.3. The molecule has 2 aliphatic heterocycles. The fraction of sp³-hybridized carbons (Fsp3) is 0.938. The molecular formula is C16H28N2O3. The van der Waals surface area contributed by atoms with E-state index in [9.17, 15) is 4.79 Å². The van der Waals surface area contributed by atoms with Crippen molar-refractivity contribution in [2.24, 2.45) is 11.8 Å². The highest BCUT2D eigenvalue weighted by molar-refractivity contribution is 5.77. The van der Waals surface area contributed by atoms with Crippen LogP contribution in [0.4, 0.5) is 0 Å². The van der Waals surface area contributed by atoms with Gasteiger partial charge in [0.05, 0.1) is 19.8 Å². The summed E-state index contributed by atoms with van der Waals surface area (Å²) in [6.45, 7) is 8.68. The second kappa shape index (κ2) is 7.07. The number of carbonyl (C=O) groups excluding carboxylic acids is 1. The van der Waals surface area contributed by atoms with Crippen molar-refractivity contribution in [1.82, 2.24) is 9.80 Å². The largest absolute Gasteiger partial charge is 0.379 e. The van der Waals surface area contributed by atoms with Gasteiger partial charge in [-0.1, -0.05) is 13.3 Å². The van der Waals surface area contributed by atoms with Crippen LogP contribution in [0.3, 0.4) is 0 Å². The lowest BCUT2D eigenvalue weighted by Gasteiger charge is -2.34. The summed E-state index contributed by atoms with van der Waals surface area (Å²) in [6, 6.07) is 0.506. The van der Waals surface area contributed by atoms with Gasteiger partial charge in [0.25, 0.3) is 0 Å². The van der Waals surface area contributed by atoms with E-state index in [1.165, 1.54) is 12.8 Å². The number of amides is 1. The summed E-state index contributed by atoms with van der Waals surface area (Å²) < 4.78 is 11.0. The van der Waals surface area contributed by atoms with Gasteiger partial charge in [-0.15, -0.1) is 0 Å². The van der Waals surface area contributed by atoms with Crippen molar-refractivity contribution < 1.29 is 14.3 Å². The molecule has 1 amide bonds. The summed E-state index contributed by atoms with van der Waals surface area (Å²) in [7, 11) is 0. The van der Waals surface area contributed by atoms with Crippen LogP contribution in [-0.2, 0) is 14.3 Å². The van der Waals surface area contributed by atoms with Gasteiger partial charge in [-0.25, -0.2) is 0 Å². The van der Waals surface area contributed by atoms with Crippen molar-refractivity contribution >= 4 is 5.91 Å². The lowest BCUT2D eigenvalue weighted by molar-refractivity contribution is -0.135. The van der Waals surface area contributed by atoms with E-state index in [0.717, 1.165) is 58.3 Å². The third-order valence-electron chi connectivity index (χ3n) is 5.07. The number of hydrogen-bond acceptors (Lipinski definition) is 4. The van der Waals surface area contributed by atoms with Gasteiger partial charge in [-0.2, -0.15) is 0 Å². The minimum atomic E-state index is 0.171. The van der Waals surface area contributed by atoms with Gasteiger partial charge in [0.1, 0.15) is 6.61 Å². The Morgan fingerprint density at radius 3 is 2.67 bits per heavy atom. The highest BCUT2D eigenvalue weighted by Gasteiger charge is 2.38. The molecule has 5 nitrogen and oxygen atoms in total. The van der Waals surface area contributed by atoms with E-state index in [0.29, 0.717) is 12.0 Å². The van der Waals surface area contributed by atoms with Gasteiger partial charge in [-0.05, 0) is 24.7 Å². The molecule has 1 saturated carbocycles. The highest BCUT2D eigenvalue weighted by atomic mass is 16.5. The number of likely N-dealkylation sites (tertiary alicyclic amines) is 1. The Hall–Kier alpha value is -0.650. The quantitative estimate of drug-likeness (QED) is 0.733. The minimum absolute atomic E-state index is 0.171. The number of morpholine rings is 1. The number of rotatable bonds is 6. The third-order valence-corrected chi connectivity index (χ3v) is 5.07. The van der Waals surface area contributed by atoms with Crippen LogP contribution >= 0.6 is 0 Å². The van der Waals surface area contributed by atoms with Crippen molar-refractivity contribution in [3.05, 3.63) is 0 Å². The van der Waals surface area contributed by atoms with Gasteiger partial charge in [0, 0.05) is 32.2 Å². The summed E-state index contributed by atoms with van der Waals surface area (Å²) in [5.41, 5.74) is 0. The van der Waals surface area contributed by atoms with Crippen molar-refractivity contribution in [3.63, 3.8) is 0 Å². The lowest BCUT2D eigenvalue weighted by atomic mass is 9.99. The zero-order valence-electron chi connectivity index (χ0n) is 13.1. The minimum Gasteiger partial charge on any atom is -0.379 e. The first kappa shape index (κ1) is 15.3. The van der Waals surface area contributed by atoms with Crippen LogP contribution in [0, 0.1) is 11.8 Å². The smallest absolute Gasteiger partial charge is 0.248 e. The van der Waals surface area contributed by atoms with E-state index in [1.807, 2.05) is 4.90 Å². The van der Waals surface area contributed by atoms with Gasteiger partial charge in [0.2, 0.25) is 5.91 Å². The summed E-state index contributed by atoms with van der Waals surface area (Å²) in [6.07, 6.45) is 3.68. The molecule has 5 heteroatoms. The first-order chi connectivity index (χ1) is 10.3. The maximum Gasteiger partial charge on any atom is 0.248 e. The highest BCUT2D eigenvalue weighted by Crippen LogP contribution is 2.29. The first-order valence-corrected chi connectivity index (χ1v) is 8.45. The van der Waals surface area contributed by atoms with E-state index in [1.54, 1.807) is 0 Å². The second-order valence-corrected chi connectivity index (χ2v) is 6.64. The predicted octanol–water partition coefficient (Wildman–Crippen LogP) is 0.982. The van der Waals surface area contributed by atoms with Crippen LogP contribution < -0.4 is 0 Å². The molecule has 3 aliphatic rings. The van der Waals surface area contributed by atoms with E-state index in [2.05, 4.69) is 11.8 Å². The van der Waals surface area contributed by atoms with Crippen LogP contribution in [0.25, 0.3) is 0 Å². The molecular weight excluding hydrogens is 268 g/mol. The SMILES string of the molecule is CCC1CN(C(=O)COCC2CC2)CC1N1CCOCC1. The molecule has 0 aromatic heterocycles. The van der Waals surface area contributed by atoms with E-state index in [-0.39, 0.29) is 12.5 Å². The summed E-state index contributed by atoms with van der Waals surface area (Å²) in [5, 5.41) is 0. The van der Waals surface area contributed by atoms with Crippen LogP contribution in [-0.4, -0.2) is 74.4 Å². The average Bonchev–Trinajstić information content (AvgIpc) is 3.24. The first-order valence-electron chi connectivity index (χ1n) is 8.45. The van der Waals surface area contributed by atoms with E-state index < -0.39 is 0 Å². The normalized spacial score (nSPS) is 30.8. The molecule has 0 aromatic carbocycles. The molecule has 0 spiro atoms. The maximum absolute atomic E-state index is 12.3. The number of nitrogens with zero attached hydrogens (tertiary/aromatic N) is 2. The number of hydrogen-bond donors (Lipinski definition) is 0. The topological polar surface area (TPSA) is 42.0 Å². The van der Waals surface area contributed by atoms with Crippen molar-refractivity contribution in [2.75, 3.05) is 52.6 Å². The van der Waals surface area contributed by atoms with Gasteiger partial charge in [0.15, 0.2) is 0 Å². The van der Waals surface area contributed by atoms with Crippen molar-refractivity contribution in [2.45, 2.75) is 32.2 Å². The Morgan fingerprint density at radius 1 is 1.24 bits per heavy atom. The fourth-order valence-electron chi connectivity index (χ4n) is 3.47. The summed E-state index contributed by atoms with van der Waals surface area (Å²) in [5.74, 6) is 1.49. The van der Waals surface area contributed by atoms with Crippen molar-refractivity contribution in [1.29, 1.82) is 0 Å². The lowest BCUT2D eigenvalue weighted by Crippen LogP contribution is -2.47. The zero-order valence-corrected chi connectivity index (χ0v) is 13.1. The molecule has 0 aromatic rings. The van der Waals surface area contributed by atoms with Crippen LogP contribution in [0.2, 0.25) is 0 Å². The second-order valence-electron chi connectivity index (χ2n) is 6.64.